The number of nitrogens with zero attached hydrogens (tertiary/aromatic N) is 2. The number of fused-ring (bicyclic) bond motifs is 4. The quantitative estimate of drug-likeness (QED) is 0.340. The van der Waals surface area contributed by atoms with E-state index >= 15 is 0 Å². The van der Waals surface area contributed by atoms with Crippen molar-refractivity contribution in [3.8, 4) is 5.75 Å². The van der Waals surface area contributed by atoms with E-state index in [9.17, 15) is 13.8 Å². The Labute approximate surface area is 285 Å². The first-order valence-corrected chi connectivity index (χ1v) is 18.5. The van der Waals surface area contributed by atoms with E-state index in [1.807, 2.05) is 25.1 Å². The van der Waals surface area contributed by atoms with Crippen LogP contribution in [0.3, 0.4) is 0 Å². The van der Waals surface area contributed by atoms with Crippen LogP contribution in [0.1, 0.15) is 74.9 Å². The van der Waals surface area contributed by atoms with Gasteiger partial charge < -0.3 is 19.7 Å². The van der Waals surface area contributed by atoms with Crippen molar-refractivity contribution in [1.29, 1.82) is 0 Å². The van der Waals surface area contributed by atoms with Crippen molar-refractivity contribution in [2.24, 2.45) is 22.1 Å². The van der Waals surface area contributed by atoms with Gasteiger partial charge in [-0.3, -0.25) is 9.52 Å². The lowest BCUT2D eigenvalue weighted by Crippen LogP contribution is -2.49. The van der Waals surface area contributed by atoms with E-state index in [4.69, 9.17) is 21.1 Å². The number of amides is 3. The molecule has 2 aliphatic carbocycles. The fourth-order valence-electron chi connectivity index (χ4n) is 7.71. The zero-order valence-electron chi connectivity index (χ0n) is 26.9. The minimum atomic E-state index is -3.42. The molecular formula is C36H49ClN4O5S. The summed E-state index contributed by atoms with van der Waals surface area (Å²) >= 11 is 6.43. The molecular weight excluding hydrogens is 636 g/mol. The maximum absolute atomic E-state index is 14.1. The molecule has 1 fully saturated rings. The van der Waals surface area contributed by atoms with Gasteiger partial charge in [0.05, 0.1) is 24.2 Å². The molecule has 1 spiro atoms. The fourth-order valence-corrected chi connectivity index (χ4v) is 9.75. The van der Waals surface area contributed by atoms with Crippen molar-refractivity contribution >= 4 is 39.1 Å². The first-order valence-electron chi connectivity index (χ1n) is 16.5. The summed E-state index contributed by atoms with van der Waals surface area (Å²) in [6.45, 7) is 6.11. The summed E-state index contributed by atoms with van der Waals surface area (Å²) in [6, 6.07) is 11.0. The lowest BCUT2D eigenvalue weighted by atomic mass is 9.68. The number of allylic oxidation sites excluding steroid dienone is 1. The van der Waals surface area contributed by atoms with Gasteiger partial charge in [-0.05, 0) is 105 Å². The fraction of sp³-hybridized carbons (Fsp3) is 0.556. The molecule has 9 nitrogen and oxygen atoms in total. The lowest BCUT2D eigenvalue weighted by molar-refractivity contribution is 0.0131. The molecule has 0 radical (unpaired) electrons. The largest absolute Gasteiger partial charge is 0.490 e. The number of urea groups is 1. The molecule has 2 aliphatic heterocycles. The normalized spacial score (nSPS) is 31.0. The number of rotatable bonds is 3. The monoisotopic (exact) mass is 684 g/mol. The lowest BCUT2D eigenvalue weighted by Gasteiger charge is -2.46. The molecule has 47 heavy (non-hydrogen) atoms. The molecule has 1 unspecified atom stereocenters. The molecule has 2 aromatic rings. The van der Waals surface area contributed by atoms with Crippen LogP contribution in [0.15, 0.2) is 52.9 Å². The molecule has 6 atom stereocenters. The molecule has 1 saturated carbocycles. The van der Waals surface area contributed by atoms with Gasteiger partial charge in [0.15, 0.2) is 0 Å². The summed E-state index contributed by atoms with van der Waals surface area (Å²) in [5.74, 6) is 0.775. The number of benzene rings is 2. The maximum Gasteiger partial charge on any atom is 0.327 e. The van der Waals surface area contributed by atoms with Crippen molar-refractivity contribution in [3.05, 3.63) is 70.3 Å². The number of ether oxygens (including phenoxy) is 2. The predicted octanol–water partition coefficient (Wildman–Crippen LogP) is 6.93. The van der Waals surface area contributed by atoms with E-state index in [-0.39, 0.29) is 30.6 Å². The Morgan fingerprint density at radius 2 is 2.06 bits per heavy atom. The Kier molecular flexibility index (Phi) is 10.9. The summed E-state index contributed by atoms with van der Waals surface area (Å²) in [5, 5.41) is 3.36. The molecule has 0 saturated heterocycles. The van der Waals surface area contributed by atoms with E-state index in [1.165, 1.54) is 11.1 Å². The maximum atomic E-state index is 14.1. The Morgan fingerprint density at radius 1 is 1.23 bits per heavy atom. The van der Waals surface area contributed by atoms with Gasteiger partial charge in [-0.25, -0.2) is 9.00 Å². The number of carbonyl (C=O) groups is 2. The van der Waals surface area contributed by atoms with Crippen LogP contribution in [0.5, 0.6) is 5.75 Å². The van der Waals surface area contributed by atoms with Gasteiger partial charge in [0, 0.05) is 42.7 Å². The van der Waals surface area contributed by atoms with Gasteiger partial charge in [-0.2, -0.15) is 0 Å². The van der Waals surface area contributed by atoms with E-state index < -0.39 is 21.9 Å². The number of carbonyl (C=O) groups excluding carboxylic acids is 2. The van der Waals surface area contributed by atoms with Crippen LogP contribution in [0.4, 0.5) is 10.5 Å². The van der Waals surface area contributed by atoms with Crippen LogP contribution in [0.25, 0.3) is 0 Å². The van der Waals surface area contributed by atoms with Crippen molar-refractivity contribution in [1.82, 2.24) is 10.0 Å². The average Bonchev–Trinajstić information content (AvgIpc) is 3.14. The first-order chi connectivity index (χ1) is 22.1. The zero-order valence-corrected chi connectivity index (χ0v) is 28.5. The summed E-state index contributed by atoms with van der Waals surface area (Å²) < 4.78 is 33.4. The second-order valence-electron chi connectivity index (χ2n) is 13.4. The number of hydrogen-bond donors (Lipinski definition) is 2. The van der Waals surface area contributed by atoms with Crippen molar-refractivity contribution in [2.75, 3.05) is 44.0 Å². The summed E-state index contributed by atoms with van der Waals surface area (Å²) in [6.07, 6.45) is 9.96. The van der Waals surface area contributed by atoms with Crippen molar-refractivity contribution < 1.29 is 23.3 Å². The third-order valence-corrected chi connectivity index (χ3v) is 12.3. The number of methoxy groups -OCH3 is 1. The number of hydrogen-bond acceptors (Lipinski definition) is 6. The van der Waals surface area contributed by atoms with Crippen LogP contribution in [-0.4, -0.2) is 61.4 Å². The summed E-state index contributed by atoms with van der Waals surface area (Å²) in [5.41, 5.74) is 3.45. The Hall–Kier alpha value is -3.08. The van der Waals surface area contributed by atoms with Gasteiger partial charge >= 0.3 is 6.03 Å². The SMILES string of the molecule is C.CCNC(=O)NS1(=O)=NC(=O)c2ccc3c(c2)N(C[C@@H]2CC[C@H]2[C@@H](OC)/C=C/C[C@H](C)C1)C[C@@]1(CCCc2cc(Cl)ccc21)CO3. The van der Waals surface area contributed by atoms with Crippen molar-refractivity contribution in [2.45, 2.75) is 71.3 Å². The smallest absolute Gasteiger partial charge is 0.327 e. The van der Waals surface area contributed by atoms with Crippen LogP contribution >= 0.6 is 11.6 Å². The second kappa shape index (κ2) is 14.6. The number of aryl methyl sites for hydroxylation is 1. The standard InChI is InChI=1S/C35H45ClN4O5S.CH4/c1-4-37-34(42)39-46(43)20-23(2)7-5-9-31(44-3)28-13-10-26(28)19-40-21-35(16-6-8-24-17-27(36)12-14-29(24)35)22-45-32-15-11-25(18-30(32)40)33(41)38-46;/h5,9,11-12,14-15,17-18,23,26,28,31H,4,6-8,10,13,16,19-22H2,1-3H3,(H2,37,38,39,41,42,43);1H4/b9-5+;/t23-,26-,28+,31-,35-,46?;/m0./s1. The molecule has 2 heterocycles. The van der Waals surface area contributed by atoms with E-state index in [0.717, 1.165) is 55.9 Å². The average molecular weight is 685 g/mol. The summed E-state index contributed by atoms with van der Waals surface area (Å²) in [7, 11) is -1.66. The number of nitrogens with one attached hydrogen (secondary N) is 2. The molecule has 0 aromatic heterocycles. The minimum absolute atomic E-state index is 0. The Morgan fingerprint density at radius 3 is 2.81 bits per heavy atom. The number of anilines is 1. The van der Waals surface area contributed by atoms with Crippen LogP contribution in [-0.2, 0) is 26.5 Å². The van der Waals surface area contributed by atoms with Gasteiger partial charge in [-0.15, -0.1) is 4.36 Å². The third kappa shape index (κ3) is 7.50. The highest BCUT2D eigenvalue weighted by molar-refractivity contribution is 7.92. The molecule has 6 rings (SSSR count). The highest BCUT2D eigenvalue weighted by Crippen LogP contribution is 2.47. The number of halogens is 1. The highest BCUT2D eigenvalue weighted by atomic mass is 35.5. The highest BCUT2D eigenvalue weighted by Gasteiger charge is 2.44. The Balaban J connectivity index is 0.00000433. The Bertz CT molecular complexity index is 1640. The molecule has 11 heteroatoms. The zero-order chi connectivity index (χ0) is 32.5. The van der Waals surface area contributed by atoms with Gasteiger partial charge in [0.25, 0.3) is 5.91 Å². The minimum Gasteiger partial charge on any atom is -0.490 e. The summed E-state index contributed by atoms with van der Waals surface area (Å²) in [4.78, 5) is 28.6. The van der Waals surface area contributed by atoms with Gasteiger partial charge in [0.2, 0.25) is 0 Å². The van der Waals surface area contributed by atoms with E-state index in [0.29, 0.717) is 42.7 Å². The van der Waals surface area contributed by atoms with E-state index in [2.05, 4.69) is 43.6 Å². The van der Waals surface area contributed by atoms with Gasteiger partial charge in [-0.1, -0.05) is 44.2 Å². The van der Waals surface area contributed by atoms with Crippen LogP contribution in [0, 0.1) is 17.8 Å². The molecule has 2 N–H and O–H groups in total. The second-order valence-corrected chi connectivity index (χ2v) is 15.9. The molecule has 4 aliphatic rings. The van der Waals surface area contributed by atoms with Crippen molar-refractivity contribution in [3.63, 3.8) is 0 Å². The topological polar surface area (TPSA) is 109 Å². The first kappa shape index (κ1) is 35.2. The van der Waals surface area contributed by atoms with Crippen LogP contribution in [0.2, 0.25) is 5.02 Å². The predicted molar refractivity (Wildman–Crippen MR) is 189 cm³/mol. The van der Waals surface area contributed by atoms with E-state index in [1.54, 1.807) is 20.1 Å². The van der Waals surface area contributed by atoms with Crippen LogP contribution < -0.4 is 19.7 Å². The third-order valence-electron chi connectivity index (χ3n) is 10.1. The molecule has 2 aromatic carbocycles. The molecule has 2 bridgehead atoms. The van der Waals surface area contributed by atoms with Gasteiger partial charge in [0.1, 0.15) is 15.7 Å². The molecule has 256 valence electrons. The molecule has 3 amide bonds.